The van der Waals surface area contributed by atoms with Crippen LogP contribution >= 0.6 is 0 Å². The van der Waals surface area contributed by atoms with Crippen molar-refractivity contribution in [2.24, 2.45) is 28.6 Å². The van der Waals surface area contributed by atoms with Crippen LogP contribution in [0.4, 0.5) is 0 Å². The summed E-state index contributed by atoms with van der Waals surface area (Å²) in [5, 5.41) is 21.8. The first-order chi connectivity index (χ1) is 12.6. The predicted octanol–water partition coefficient (Wildman–Crippen LogP) is 2.22. The summed E-state index contributed by atoms with van der Waals surface area (Å²) in [4.78, 5) is 23.9. The SMILES string of the molecule is COC(=O)[C@@H]1CCC[C@@H]2[C@@](C)(C[C@H](O)C3=CC(=O)OC3)[C@H](C)C[C@H](O)[C@@]21C. The first-order valence-corrected chi connectivity index (χ1v) is 9.95. The quantitative estimate of drug-likeness (QED) is 0.727. The summed E-state index contributed by atoms with van der Waals surface area (Å²) in [5.41, 5.74) is -0.239. The molecule has 2 saturated carbocycles. The summed E-state index contributed by atoms with van der Waals surface area (Å²) in [5.74, 6) is -0.744. The molecule has 0 spiro atoms. The van der Waals surface area contributed by atoms with Crippen molar-refractivity contribution in [3.8, 4) is 0 Å². The van der Waals surface area contributed by atoms with Crippen LogP contribution in [-0.4, -0.2) is 48.1 Å². The van der Waals surface area contributed by atoms with E-state index in [1.165, 1.54) is 13.2 Å². The van der Waals surface area contributed by atoms with Gasteiger partial charge in [-0.15, -0.1) is 0 Å². The molecule has 2 fully saturated rings. The molecule has 0 amide bonds. The van der Waals surface area contributed by atoms with E-state index in [0.29, 0.717) is 18.4 Å². The number of fused-ring (bicyclic) bond motifs is 1. The van der Waals surface area contributed by atoms with E-state index in [1.54, 1.807) is 0 Å². The lowest BCUT2D eigenvalue weighted by Gasteiger charge is -2.62. The second kappa shape index (κ2) is 7.21. The Labute approximate surface area is 160 Å². The lowest BCUT2D eigenvalue weighted by molar-refractivity contribution is -0.199. The largest absolute Gasteiger partial charge is 0.469 e. The molecule has 6 heteroatoms. The molecular formula is C21H32O6. The molecule has 1 heterocycles. The van der Waals surface area contributed by atoms with Gasteiger partial charge in [-0.3, -0.25) is 4.79 Å². The molecule has 0 aromatic carbocycles. The van der Waals surface area contributed by atoms with E-state index in [-0.39, 0.29) is 35.7 Å². The van der Waals surface area contributed by atoms with Crippen molar-refractivity contribution in [2.45, 2.75) is 65.1 Å². The Morgan fingerprint density at radius 2 is 2.11 bits per heavy atom. The van der Waals surface area contributed by atoms with Crippen LogP contribution in [0.25, 0.3) is 0 Å². The topological polar surface area (TPSA) is 93.1 Å². The highest BCUT2D eigenvalue weighted by atomic mass is 16.5. The molecule has 0 saturated heterocycles. The molecule has 1 aliphatic heterocycles. The number of carbonyl (C=O) groups excluding carboxylic acids is 2. The van der Waals surface area contributed by atoms with Gasteiger partial charge in [0, 0.05) is 17.1 Å². The molecule has 3 aliphatic rings. The number of cyclic esters (lactones) is 1. The van der Waals surface area contributed by atoms with Crippen LogP contribution in [0.3, 0.4) is 0 Å². The highest BCUT2D eigenvalue weighted by Crippen LogP contribution is 2.63. The van der Waals surface area contributed by atoms with Gasteiger partial charge >= 0.3 is 11.9 Å². The van der Waals surface area contributed by atoms with Crippen LogP contribution in [0.15, 0.2) is 11.6 Å². The van der Waals surface area contributed by atoms with Gasteiger partial charge in [0.15, 0.2) is 0 Å². The van der Waals surface area contributed by atoms with E-state index >= 15 is 0 Å². The Kier molecular flexibility index (Phi) is 5.43. The molecular weight excluding hydrogens is 348 g/mol. The number of rotatable bonds is 4. The van der Waals surface area contributed by atoms with E-state index < -0.39 is 23.6 Å². The van der Waals surface area contributed by atoms with Crippen molar-refractivity contribution in [2.75, 3.05) is 13.7 Å². The minimum absolute atomic E-state index is 0.0786. The minimum atomic E-state index is -0.762. The molecule has 7 atom stereocenters. The van der Waals surface area contributed by atoms with Crippen LogP contribution in [0.5, 0.6) is 0 Å². The molecule has 0 aromatic heterocycles. The third-order valence-corrected chi connectivity index (χ3v) is 7.94. The van der Waals surface area contributed by atoms with Crippen molar-refractivity contribution >= 4 is 11.9 Å². The zero-order valence-corrected chi connectivity index (χ0v) is 16.7. The molecule has 27 heavy (non-hydrogen) atoms. The maximum atomic E-state index is 12.5. The normalized spacial score (nSPS) is 42.7. The van der Waals surface area contributed by atoms with Crippen molar-refractivity contribution < 1.29 is 29.3 Å². The fourth-order valence-electron chi connectivity index (χ4n) is 6.08. The van der Waals surface area contributed by atoms with Gasteiger partial charge in [-0.05, 0) is 42.9 Å². The van der Waals surface area contributed by atoms with E-state index in [0.717, 1.165) is 19.3 Å². The minimum Gasteiger partial charge on any atom is -0.469 e. The smallest absolute Gasteiger partial charge is 0.331 e. The highest BCUT2D eigenvalue weighted by molar-refractivity contribution is 5.85. The van der Waals surface area contributed by atoms with Gasteiger partial charge in [-0.2, -0.15) is 0 Å². The Bertz CT molecular complexity index is 643. The molecule has 6 nitrogen and oxygen atoms in total. The molecule has 152 valence electrons. The second-order valence-corrected chi connectivity index (χ2v) is 9.13. The van der Waals surface area contributed by atoms with E-state index in [1.807, 2.05) is 6.92 Å². The first kappa shape index (κ1) is 20.3. The van der Waals surface area contributed by atoms with Crippen molar-refractivity contribution in [3.63, 3.8) is 0 Å². The molecule has 0 aromatic rings. The molecule has 2 aliphatic carbocycles. The molecule has 0 bridgehead atoms. The molecule has 3 rings (SSSR count). The Hall–Kier alpha value is -1.40. The van der Waals surface area contributed by atoms with Gasteiger partial charge in [-0.1, -0.05) is 27.2 Å². The summed E-state index contributed by atoms with van der Waals surface area (Å²) in [6.45, 7) is 6.43. The molecule has 0 radical (unpaired) electrons. The predicted molar refractivity (Wildman–Crippen MR) is 98.5 cm³/mol. The van der Waals surface area contributed by atoms with Gasteiger partial charge in [0.25, 0.3) is 0 Å². The molecule has 0 unspecified atom stereocenters. The van der Waals surface area contributed by atoms with Gasteiger partial charge in [0.1, 0.15) is 6.61 Å². The molecule has 2 N–H and O–H groups in total. The zero-order valence-electron chi connectivity index (χ0n) is 16.7. The third-order valence-electron chi connectivity index (χ3n) is 7.94. The highest BCUT2D eigenvalue weighted by Gasteiger charge is 2.62. The van der Waals surface area contributed by atoms with Crippen LogP contribution in [0.2, 0.25) is 0 Å². The average molecular weight is 380 g/mol. The van der Waals surface area contributed by atoms with Gasteiger partial charge < -0.3 is 19.7 Å². The summed E-state index contributed by atoms with van der Waals surface area (Å²) < 4.78 is 10.0. The van der Waals surface area contributed by atoms with Crippen molar-refractivity contribution in [1.82, 2.24) is 0 Å². The number of hydrogen-bond acceptors (Lipinski definition) is 6. The fraction of sp³-hybridized carbons (Fsp3) is 0.810. The number of aliphatic hydroxyl groups excluding tert-OH is 2. The second-order valence-electron chi connectivity index (χ2n) is 9.13. The van der Waals surface area contributed by atoms with Crippen molar-refractivity contribution in [3.05, 3.63) is 11.6 Å². The number of esters is 2. The maximum absolute atomic E-state index is 12.5. The van der Waals surface area contributed by atoms with Crippen LogP contribution in [0, 0.1) is 28.6 Å². The van der Waals surface area contributed by atoms with Crippen LogP contribution < -0.4 is 0 Å². The van der Waals surface area contributed by atoms with Gasteiger partial charge in [0.05, 0.1) is 25.2 Å². The van der Waals surface area contributed by atoms with Crippen LogP contribution in [-0.2, 0) is 19.1 Å². The van der Waals surface area contributed by atoms with Crippen LogP contribution in [0.1, 0.15) is 52.9 Å². The third kappa shape index (κ3) is 3.21. The Morgan fingerprint density at radius 3 is 2.70 bits per heavy atom. The standard InChI is InChI=1S/C21H32O6/c1-12-8-17(23)21(3)14(19(25)26-4)6-5-7-16(21)20(12,2)10-15(22)13-9-18(24)27-11-13/h9,12,14-17,22-23H,5-8,10-11H2,1-4H3/t12-,14+,15+,16-,17+,20+,21-/m1/s1. The fourth-order valence-corrected chi connectivity index (χ4v) is 6.08. The Morgan fingerprint density at radius 1 is 1.41 bits per heavy atom. The summed E-state index contributed by atoms with van der Waals surface area (Å²) in [6.07, 6.45) is 3.63. The number of hydrogen-bond donors (Lipinski definition) is 2. The Balaban J connectivity index is 1.93. The summed E-state index contributed by atoms with van der Waals surface area (Å²) in [6, 6.07) is 0. The van der Waals surface area contributed by atoms with E-state index in [9.17, 15) is 19.8 Å². The lowest BCUT2D eigenvalue weighted by atomic mass is 9.43. The lowest BCUT2D eigenvalue weighted by Crippen LogP contribution is -2.61. The summed E-state index contributed by atoms with van der Waals surface area (Å²) in [7, 11) is 1.40. The average Bonchev–Trinajstić information content (AvgIpc) is 3.06. The van der Waals surface area contributed by atoms with Gasteiger partial charge in [0.2, 0.25) is 0 Å². The number of carbonyl (C=O) groups is 2. The number of aliphatic hydroxyl groups is 2. The zero-order chi connectivity index (χ0) is 20.0. The van der Waals surface area contributed by atoms with Crippen molar-refractivity contribution in [1.29, 1.82) is 0 Å². The van der Waals surface area contributed by atoms with E-state index in [2.05, 4.69) is 13.8 Å². The van der Waals surface area contributed by atoms with Gasteiger partial charge in [-0.25, -0.2) is 4.79 Å². The monoisotopic (exact) mass is 380 g/mol. The maximum Gasteiger partial charge on any atom is 0.331 e. The first-order valence-electron chi connectivity index (χ1n) is 9.95. The summed E-state index contributed by atoms with van der Waals surface area (Å²) >= 11 is 0. The van der Waals surface area contributed by atoms with E-state index in [4.69, 9.17) is 9.47 Å². The number of ether oxygens (including phenoxy) is 2. The number of methoxy groups -OCH3 is 1.